The fourth-order valence-electron chi connectivity index (χ4n) is 8.12. The number of esters is 3. The first kappa shape index (κ1) is 58.3. The Bertz CT molecular complexity index is 2710. The summed E-state index contributed by atoms with van der Waals surface area (Å²) in [5, 5.41) is 154. The van der Waals surface area contributed by atoms with Gasteiger partial charge in [-0.25, -0.2) is 14.4 Å². The van der Waals surface area contributed by atoms with Crippen molar-refractivity contribution in [1.82, 2.24) is 0 Å². The van der Waals surface area contributed by atoms with Crippen molar-refractivity contribution in [3.05, 3.63) is 83.1 Å². The molecule has 3 aromatic rings. The highest BCUT2D eigenvalue weighted by molar-refractivity contribution is 5.94. The number of phenolic OH excluding ortho intramolecular Hbond substituents is 4. The Balaban J connectivity index is 1.00. The Hall–Kier alpha value is -7.43. The van der Waals surface area contributed by atoms with Crippen LogP contribution < -0.4 is 4.74 Å². The van der Waals surface area contributed by atoms with Crippen molar-refractivity contribution >= 4 is 42.0 Å². The Morgan fingerprint density at radius 1 is 0.667 bits per heavy atom. The van der Waals surface area contributed by atoms with E-state index in [4.69, 9.17) is 42.6 Å². The van der Waals surface area contributed by atoms with Crippen LogP contribution in [0, 0.1) is 0 Å². The number of carbonyl (C=O) groups is 5. The van der Waals surface area contributed by atoms with Crippen molar-refractivity contribution in [3.8, 4) is 34.5 Å². The average Bonchev–Trinajstić information content (AvgIpc) is 3.49. The molecule has 78 heavy (non-hydrogen) atoms. The van der Waals surface area contributed by atoms with Gasteiger partial charge in [0.15, 0.2) is 29.7 Å². The van der Waals surface area contributed by atoms with Crippen LogP contribution >= 0.6 is 0 Å². The molecule has 4 heterocycles. The lowest BCUT2D eigenvalue weighted by atomic mass is 9.97. The minimum absolute atomic E-state index is 0.00977. The van der Waals surface area contributed by atoms with Gasteiger partial charge in [0.1, 0.15) is 96.9 Å². The second-order valence-corrected chi connectivity index (χ2v) is 17.7. The highest BCUT2D eigenvalue weighted by Crippen LogP contribution is 2.46. The topological polar surface area (TPSA) is 485 Å². The van der Waals surface area contributed by atoms with Gasteiger partial charge >= 0.3 is 29.8 Å². The zero-order valence-corrected chi connectivity index (χ0v) is 39.9. The van der Waals surface area contributed by atoms with E-state index in [9.17, 15) is 101 Å². The number of carboxylic acid groups (broad SMARTS) is 2. The van der Waals surface area contributed by atoms with Gasteiger partial charge in [-0.05, 0) is 48.0 Å². The van der Waals surface area contributed by atoms with E-state index in [2.05, 4.69) is 4.74 Å². The molecule has 0 saturated carbocycles. The summed E-state index contributed by atoms with van der Waals surface area (Å²) in [6.07, 6.45) is -30.7. The number of benzene rings is 3. The van der Waals surface area contributed by atoms with Crippen molar-refractivity contribution in [2.24, 2.45) is 0 Å². The van der Waals surface area contributed by atoms with E-state index < -0.39 is 172 Å². The zero-order valence-electron chi connectivity index (χ0n) is 39.9. The van der Waals surface area contributed by atoms with E-state index >= 15 is 0 Å². The number of aliphatic hydroxyl groups is 10. The predicted octanol–water partition coefficient (Wildman–Crippen LogP) is -4.05. The third kappa shape index (κ3) is 13.4. The Kier molecular flexibility index (Phi) is 18.6. The molecule has 3 fully saturated rings. The maximum Gasteiger partial charge on any atom is 0.349 e. The number of carboxylic acids is 2. The molecule has 3 aromatic carbocycles. The number of hydrogen-bond donors (Lipinski definition) is 15. The molecule has 0 spiro atoms. The van der Waals surface area contributed by atoms with Gasteiger partial charge < -0.3 is 124 Å². The molecule has 30 nitrogen and oxygen atoms in total. The molecule has 424 valence electrons. The molecular formula is C48H53O30+. The molecule has 30 heteroatoms. The first-order valence-corrected chi connectivity index (χ1v) is 23.2. The lowest BCUT2D eigenvalue weighted by molar-refractivity contribution is -0.353. The Morgan fingerprint density at radius 2 is 1.32 bits per heavy atom. The van der Waals surface area contributed by atoms with Gasteiger partial charge in [-0.3, -0.25) is 9.59 Å². The van der Waals surface area contributed by atoms with Crippen LogP contribution in [-0.4, -0.2) is 229 Å². The largest absolute Gasteiger partial charge is 0.571 e. The number of ether oxygens (including phenoxy) is 10. The van der Waals surface area contributed by atoms with Gasteiger partial charge in [-0.2, -0.15) is 0 Å². The summed E-state index contributed by atoms with van der Waals surface area (Å²) in [5.41, 5.74) is 0.359. The van der Waals surface area contributed by atoms with Crippen LogP contribution in [0.4, 0.5) is 0 Å². The standard InChI is InChI=1S/C48H52O30/c49-14-28-34(59)36(61)39(64)47(74-28)72-25-7-1-17(9-23(25)53)2-8-30(55)76-42(44(65)66)43(45(67)68)77-32(57)13-31(56)69-16-29-35(60)37(62)41(78-46-38(63)33(58)24(54)15-70-46)48(75-29)73-27-12-21-22(52)10-20(51)11-26(21)71-40(27)18-3-5-19(50)6-4-18/h1-12,24,28-29,33-43,46-54,58-64H,13-16H2,(H,65,66)(H,67,68)/p+1/b8-2+/t24-,28+,29+,33-,34+,35-,36-,37-,38-,39-,40?,41+,42-,43-,46-,47+,48+/m0/s1. The maximum absolute atomic E-state index is 13.0. The molecular weight excluding hydrogens is 1060 g/mol. The number of hydrogen-bond acceptors (Lipinski definition) is 27. The average molecular weight is 1110 g/mol. The van der Waals surface area contributed by atoms with Crippen molar-refractivity contribution in [1.29, 1.82) is 0 Å². The van der Waals surface area contributed by atoms with E-state index in [-0.39, 0.29) is 39.9 Å². The highest BCUT2D eigenvalue weighted by Gasteiger charge is 2.52. The number of fused-ring (bicyclic) bond motifs is 1. The Morgan fingerprint density at radius 3 is 1.99 bits per heavy atom. The second kappa shape index (κ2) is 24.9. The lowest BCUT2D eigenvalue weighted by Crippen LogP contribution is -2.63. The van der Waals surface area contributed by atoms with Gasteiger partial charge in [-0.15, -0.1) is 0 Å². The minimum Gasteiger partial charge on any atom is -0.571 e. The van der Waals surface area contributed by atoms with Crippen LogP contribution in [0.2, 0.25) is 0 Å². The monoisotopic (exact) mass is 1110 g/mol. The molecule has 0 radical (unpaired) electrons. The Labute approximate surface area is 437 Å². The van der Waals surface area contributed by atoms with Crippen LogP contribution in [-0.2, 0) is 61.9 Å². The molecule has 3 saturated heterocycles. The lowest BCUT2D eigenvalue weighted by Gasteiger charge is -2.45. The van der Waals surface area contributed by atoms with E-state index in [1.165, 1.54) is 42.5 Å². The van der Waals surface area contributed by atoms with Crippen molar-refractivity contribution in [2.45, 2.75) is 111 Å². The number of rotatable bonds is 19. The number of carbonyl (C=O) groups excluding carboxylic acids is 3. The van der Waals surface area contributed by atoms with Crippen LogP contribution in [0.1, 0.15) is 29.2 Å². The van der Waals surface area contributed by atoms with Gasteiger partial charge in [0.25, 0.3) is 11.9 Å². The van der Waals surface area contributed by atoms with Gasteiger partial charge in [0, 0.05) is 18.2 Å². The second-order valence-electron chi connectivity index (χ2n) is 17.7. The molecule has 0 amide bonds. The minimum atomic E-state index is -2.79. The molecule has 0 aliphatic carbocycles. The summed E-state index contributed by atoms with van der Waals surface area (Å²) in [5.74, 6) is -11.2. The molecule has 17 atom stereocenters. The maximum atomic E-state index is 13.0. The summed E-state index contributed by atoms with van der Waals surface area (Å²) < 4.78 is 52.9. The van der Waals surface area contributed by atoms with Gasteiger partial charge in [-0.1, -0.05) is 6.07 Å². The molecule has 4 aliphatic heterocycles. The third-order valence-corrected chi connectivity index (χ3v) is 12.2. The van der Waals surface area contributed by atoms with E-state index in [1.807, 2.05) is 0 Å². The number of phenols is 4. The van der Waals surface area contributed by atoms with Crippen LogP contribution in [0.15, 0.2) is 66.4 Å². The fourth-order valence-corrected chi connectivity index (χ4v) is 8.12. The molecule has 16 N–H and O–H groups in total. The van der Waals surface area contributed by atoms with Crippen LogP contribution in [0.25, 0.3) is 12.2 Å². The van der Waals surface area contributed by atoms with Crippen LogP contribution in [0.3, 0.4) is 0 Å². The third-order valence-electron chi connectivity index (χ3n) is 12.2. The zero-order chi connectivity index (χ0) is 56.9. The highest BCUT2D eigenvalue weighted by atomic mass is 16.8. The van der Waals surface area contributed by atoms with E-state index in [0.29, 0.717) is 11.6 Å². The first-order chi connectivity index (χ1) is 36.9. The molecule has 4 aliphatic rings. The molecule has 7 rings (SSSR count). The quantitative estimate of drug-likeness (QED) is 0.0179. The van der Waals surface area contributed by atoms with Crippen molar-refractivity contribution in [2.75, 3.05) is 19.8 Å². The summed E-state index contributed by atoms with van der Waals surface area (Å²) in [7, 11) is 0. The molecule has 0 bridgehead atoms. The van der Waals surface area contributed by atoms with Crippen molar-refractivity contribution < 1.29 is 148 Å². The van der Waals surface area contributed by atoms with Crippen molar-refractivity contribution in [3.63, 3.8) is 0 Å². The smallest absolute Gasteiger partial charge is 0.349 e. The molecule has 0 aromatic heterocycles. The molecule has 1 unspecified atom stereocenters. The predicted molar refractivity (Wildman–Crippen MR) is 247 cm³/mol. The van der Waals surface area contributed by atoms with E-state index in [1.54, 1.807) is 0 Å². The van der Waals surface area contributed by atoms with Gasteiger partial charge in [0.2, 0.25) is 24.8 Å². The fraction of sp³-hybridized carbons (Fsp3) is 0.438. The summed E-state index contributed by atoms with van der Waals surface area (Å²) in [6.45, 7) is -2.37. The summed E-state index contributed by atoms with van der Waals surface area (Å²) in [6, 6.07) is 11.0. The normalized spacial score (nSPS) is 30.6. The number of aliphatic carboxylic acids is 2. The first-order valence-electron chi connectivity index (χ1n) is 23.2. The number of aromatic hydroxyl groups is 5. The summed E-state index contributed by atoms with van der Waals surface area (Å²) >= 11 is 0. The number of aliphatic hydroxyl groups excluding tert-OH is 9. The van der Waals surface area contributed by atoms with Crippen LogP contribution in [0.5, 0.6) is 34.5 Å². The summed E-state index contributed by atoms with van der Waals surface area (Å²) in [4.78, 5) is 62.9. The van der Waals surface area contributed by atoms with Gasteiger partial charge in [0.05, 0.1) is 24.8 Å². The van der Waals surface area contributed by atoms with E-state index in [0.717, 1.165) is 24.3 Å². The SMILES string of the molecule is O=C(/C=C/c1ccc(O[C@@H]2O[C@H](CO)[C@@H](O)[C@H](O)[C@@H]2O)c(O)c1)O[C@H](C(=O)O)[C@H](OC(=O)CC(=O)OC[C@H]1O[C@@H](OC2=Cc3c(O)cc(O)cc3[OH+]C2c2ccc(O)cc2)[C@H](O[C@@H]2OC[C@H](O)[C@H](O)[C@@H]2O)[C@@H](O)[C@H]1O)C(=O)O.